The van der Waals surface area contributed by atoms with Gasteiger partial charge in [0.15, 0.2) is 0 Å². The van der Waals surface area contributed by atoms with E-state index in [-0.39, 0.29) is 23.5 Å². The van der Waals surface area contributed by atoms with Crippen molar-refractivity contribution in [2.75, 3.05) is 25.5 Å². The minimum absolute atomic E-state index is 0.0993. The number of piperidine rings is 1. The predicted molar refractivity (Wildman–Crippen MR) is 119 cm³/mol. The Kier molecular flexibility index (Phi) is 5.89. The van der Waals surface area contributed by atoms with Gasteiger partial charge in [-0.1, -0.05) is 30.3 Å². The van der Waals surface area contributed by atoms with Gasteiger partial charge in [0.1, 0.15) is 11.6 Å². The molecule has 1 aliphatic heterocycles. The number of aryl methyl sites for hydroxylation is 1. The van der Waals surface area contributed by atoms with Crippen LogP contribution in [-0.4, -0.2) is 36.9 Å². The summed E-state index contributed by atoms with van der Waals surface area (Å²) < 4.78 is 19.2. The first-order chi connectivity index (χ1) is 15.0. The average Bonchev–Trinajstić information content (AvgIpc) is 2.80. The fourth-order valence-electron chi connectivity index (χ4n) is 4.10. The van der Waals surface area contributed by atoms with Crippen LogP contribution >= 0.6 is 0 Å². The molecule has 1 atom stereocenters. The summed E-state index contributed by atoms with van der Waals surface area (Å²) in [7, 11) is 1.61. The number of methoxy groups -OCH3 is 1. The number of rotatable bonds is 4. The number of hydrogen-bond acceptors (Lipinski definition) is 3. The number of fused-ring (bicyclic) bond motifs is 1. The number of carbonyl (C=O) groups is 2. The Morgan fingerprint density at radius 1 is 1.10 bits per heavy atom. The fraction of sp³-hybridized carbons (Fsp3) is 0.280. The van der Waals surface area contributed by atoms with Crippen molar-refractivity contribution in [3.8, 4) is 5.75 Å². The summed E-state index contributed by atoms with van der Waals surface area (Å²) in [6, 6.07) is 15.9. The van der Waals surface area contributed by atoms with Crippen LogP contribution in [0.1, 0.15) is 28.8 Å². The van der Waals surface area contributed by atoms with E-state index in [4.69, 9.17) is 4.74 Å². The van der Waals surface area contributed by atoms with Crippen molar-refractivity contribution in [2.45, 2.75) is 19.8 Å². The molecule has 5 nitrogen and oxygen atoms in total. The molecule has 0 spiro atoms. The maximum absolute atomic E-state index is 13.8. The third kappa shape index (κ3) is 4.24. The molecule has 160 valence electrons. The van der Waals surface area contributed by atoms with Crippen LogP contribution in [0.25, 0.3) is 10.8 Å². The zero-order valence-corrected chi connectivity index (χ0v) is 17.7. The van der Waals surface area contributed by atoms with Crippen molar-refractivity contribution in [3.63, 3.8) is 0 Å². The summed E-state index contributed by atoms with van der Waals surface area (Å²) in [5, 5.41) is 4.50. The van der Waals surface area contributed by atoms with E-state index < -0.39 is 0 Å². The van der Waals surface area contributed by atoms with E-state index in [9.17, 15) is 14.0 Å². The van der Waals surface area contributed by atoms with Crippen molar-refractivity contribution in [1.29, 1.82) is 0 Å². The van der Waals surface area contributed by atoms with Crippen LogP contribution in [0.15, 0.2) is 54.6 Å². The smallest absolute Gasteiger partial charge is 0.254 e. The summed E-state index contributed by atoms with van der Waals surface area (Å²) in [6.45, 7) is 2.61. The number of nitrogens with one attached hydrogen (secondary N) is 1. The second-order valence-corrected chi connectivity index (χ2v) is 7.90. The SMILES string of the molecule is COc1ccc(C(=O)N2CCC[C@H](C(=O)Nc3ccc(C)c(F)c3)C2)c2ccccc12. The van der Waals surface area contributed by atoms with Crippen LogP contribution in [0.4, 0.5) is 10.1 Å². The predicted octanol–water partition coefficient (Wildman–Crippen LogP) is 4.79. The topological polar surface area (TPSA) is 58.6 Å². The monoisotopic (exact) mass is 420 g/mol. The molecule has 0 unspecified atom stereocenters. The minimum atomic E-state index is -0.357. The van der Waals surface area contributed by atoms with Crippen molar-refractivity contribution < 1.29 is 18.7 Å². The second-order valence-electron chi connectivity index (χ2n) is 7.90. The van der Waals surface area contributed by atoms with E-state index >= 15 is 0 Å². The molecule has 0 saturated carbocycles. The number of amides is 2. The Morgan fingerprint density at radius 2 is 1.87 bits per heavy atom. The molecule has 1 aliphatic rings. The van der Waals surface area contributed by atoms with Gasteiger partial charge in [0.05, 0.1) is 13.0 Å². The largest absolute Gasteiger partial charge is 0.496 e. The molecule has 0 bridgehead atoms. The van der Waals surface area contributed by atoms with E-state index in [1.54, 1.807) is 43.2 Å². The Balaban J connectivity index is 1.52. The second kappa shape index (κ2) is 8.76. The summed E-state index contributed by atoms with van der Waals surface area (Å²) >= 11 is 0. The van der Waals surface area contributed by atoms with Crippen molar-refractivity contribution >= 4 is 28.3 Å². The first-order valence-corrected chi connectivity index (χ1v) is 10.4. The number of anilines is 1. The van der Waals surface area contributed by atoms with Crippen LogP contribution in [-0.2, 0) is 4.79 Å². The van der Waals surface area contributed by atoms with Gasteiger partial charge in [-0.15, -0.1) is 0 Å². The zero-order chi connectivity index (χ0) is 22.0. The van der Waals surface area contributed by atoms with E-state index in [2.05, 4.69) is 5.32 Å². The Hall–Kier alpha value is -3.41. The van der Waals surface area contributed by atoms with Gasteiger partial charge in [-0.25, -0.2) is 4.39 Å². The van der Waals surface area contributed by atoms with Crippen LogP contribution < -0.4 is 10.1 Å². The molecule has 0 radical (unpaired) electrons. The van der Waals surface area contributed by atoms with Gasteiger partial charge in [0.25, 0.3) is 5.91 Å². The quantitative estimate of drug-likeness (QED) is 0.660. The molecule has 1 heterocycles. The molecule has 1 saturated heterocycles. The molecule has 0 aromatic heterocycles. The molecule has 4 rings (SSSR count). The lowest BCUT2D eigenvalue weighted by molar-refractivity contribution is -0.121. The minimum Gasteiger partial charge on any atom is -0.496 e. The number of nitrogens with zero attached hydrogens (tertiary/aromatic N) is 1. The Labute approximate surface area is 180 Å². The van der Waals surface area contributed by atoms with Gasteiger partial charge in [-0.2, -0.15) is 0 Å². The maximum Gasteiger partial charge on any atom is 0.254 e. The van der Waals surface area contributed by atoms with Gasteiger partial charge < -0.3 is 15.0 Å². The number of ether oxygens (including phenoxy) is 1. The zero-order valence-electron chi connectivity index (χ0n) is 17.7. The summed E-state index contributed by atoms with van der Waals surface area (Å²) in [4.78, 5) is 27.8. The van der Waals surface area contributed by atoms with Crippen LogP contribution in [0, 0.1) is 18.7 Å². The Bertz CT molecular complexity index is 1140. The van der Waals surface area contributed by atoms with Gasteiger partial charge >= 0.3 is 0 Å². The highest BCUT2D eigenvalue weighted by Crippen LogP contribution is 2.30. The van der Waals surface area contributed by atoms with Crippen LogP contribution in [0.2, 0.25) is 0 Å². The molecule has 1 fully saturated rings. The van der Waals surface area contributed by atoms with E-state index in [0.717, 1.165) is 17.2 Å². The molecule has 3 aromatic carbocycles. The summed E-state index contributed by atoms with van der Waals surface area (Å²) in [5.41, 5.74) is 1.55. The molecule has 0 aliphatic carbocycles. The van der Waals surface area contributed by atoms with E-state index in [1.165, 1.54) is 6.07 Å². The number of carbonyl (C=O) groups excluding carboxylic acids is 2. The molecule has 1 N–H and O–H groups in total. The highest BCUT2D eigenvalue weighted by Gasteiger charge is 2.30. The number of likely N-dealkylation sites (tertiary alicyclic amines) is 1. The third-order valence-electron chi connectivity index (χ3n) is 5.85. The highest BCUT2D eigenvalue weighted by molar-refractivity contribution is 6.08. The molecular formula is C25H25FN2O3. The first-order valence-electron chi connectivity index (χ1n) is 10.4. The standard InChI is InChI=1S/C25H25FN2O3/c1-16-9-10-18(14-22(16)26)27-24(29)17-6-5-13-28(15-17)25(30)21-11-12-23(31-2)20-8-4-3-7-19(20)21/h3-4,7-12,14,17H,5-6,13,15H2,1-2H3,(H,27,29)/t17-/m0/s1. The van der Waals surface area contributed by atoms with Crippen LogP contribution in [0.3, 0.4) is 0 Å². The van der Waals surface area contributed by atoms with Gasteiger partial charge in [-0.3, -0.25) is 9.59 Å². The number of hydrogen-bond donors (Lipinski definition) is 1. The van der Waals surface area contributed by atoms with Gasteiger partial charge in [0.2, 0.25) is 5.91 Å². The molecule has 6 heteroatoms. The highest BCUT2D eigenvalue weighted by atomic mass is 19.1. The van der Waals surface area contributed by atoms with Crippen molar-refractivity contribution in [1.82, 2.24) is 4.90 Å². The maximum atomic E-state index is 13.8. The lowest BCUT2D eigenvalue weighted by atomic mass is 9.95. The lowest BCUT2D eigenvalue weighted by Crippen LogP contribution is -2.43. The van der Waals surface area contributed by atoms with E-state index in [1.807, 2.05) is 24.3 Å². The van der Waals surface area contributed by atoms with Gasteiger partial charge in [-0.05, 0) is 55.0 Å². The van der Waals surface area contributed by atoms with Crippen molar-refractivity contribution in [3.05, 3.63) is 71.5 Å². The van der Waals surface area contributed by atoms with Crippen molar-refractivity contribution in [2.24, 2.45) is 5.92 Å². The average molecular weight is 420 g/mol. The lowest BCUT2D eigenvalue weighted by Gasteiger charge is -2.32. The third-order valence-corrected chi connectivity index (χ3v) is 5.85. The normalized spacial score (nSPS) is 16.2. The van der Waals surface area contributed by atoms with Crippen LogP contribution in [0.5, 0.6) is 5.75 Å². The molecule has 2 amide bonds. The van der Waals surface area contributed by atoms with Gasteiger partial charge in [0, 0.05) is 29.7 Å². The number of halogens is 1. The molecular weight excluding hydrogens is 395 g/mol. The first kappa shape index (κ1) is 20.8. The summed E-state index contributed by atoms with van der Waals surface area (Å²) in [6.07, 6.45) is 1.42. The Morgan fingerprint density at radius 3 is 2.61 bits per heavy atom. The van der Waals surface area contributed by atoms with E-state index in [0.29, 0.717) is 42.1 Å². The summed E-state index contributed by atoms with van der Waals surface area (Å²) in [5.74, 6) is -0.275. The molecule has 31 heavy (non-hydrogen) atoms. The fourth-order valence-corrected chi connectivity index (χ4v) is 4.10. The number of benzene rings is 3. The molecule has 3 aromatic rings.